The van der Waals surface area contributed by atoms with Crippen LogP contribution in [0.25, 0.3) is 0 Å². The van der Waals surface area contributed by atoms with Crippen molar-refractivity contribution in [1.82, 2.24) is 0 Å². The Morgan fingerprint density at radius 2 is 1.11 bits per heavy atom. The summed E-state index contributed by atoms with van der Waals surface area (Å²) in [6, 6.07) is 2.14. The van der Waals surface area contributed by atoms with E-state index in [9.17, 15) is 57.5 Å². The SMILES string of the molecule is O=C(Nc1cccc(F)c1)C1(F)C(F)(F)C(F)(F)C(F)(F)C(F)(F)C1(F)F. The molecule has 2 rings (SSSR count). The normalized spacial score (nSPS) is 26.2. The molecule has 0 heterocycles. The molecule has 1 fully saturated rings. The fraction of sp³-hybridized carbons (Fsp3) is 0.462. The summed E-state index contributed by atoms with van der Waals surface area (Å²) in [5.74, 6) is -41.5. The summed E-state index contributed by atoms with van der Waals surface area (Å²) in [5.41, 5.74) is -7.89. The molecule has 0 radical (unpaired) electrons. The predicted molar refractivity (Wildman–Crippen MR) is 63.6 cm³/mol. The lowest BCUT2D eigenvalue weighted by atomic mass is 9.71. The van der Waals surface area contributed by atoms with Crippen molar-refractivity contribution in [3.8, 4) is 0 Å². The van der Waals surface area contributed by atoms with Gasteiger partial charge >= 0.3 is 35.3 Å². The van der Waals surface area contributed by atoms with E-state index in [4.69, 9.17) is 0 Å². The fourth-order valence-electron chi connectivity index (χ4n) is 2.29. The van der Waals surface area contributed by atoms with Crippen molar-refractivity contribution in [3.63, 3.8) is 0 Å². The van der Waals surface area contributed by atoms with Crippen LogP contribution in [0.3, 0.4) is 0 Å². The molecule has 0 unspecified atom stereocenters. The molecule has 1 saturated carbocycles. The minimum absolute atomic E-state index is 0.200. The van der Waals surface area contributed by atoms with Crippen LogP contribution >= 0.6 is 0 Å². The van der Waals surface area contributed by atoms with Crippen molar-refractivity contribution in [2.45, 2.75) is 35.3 Å². The Labute approximate surface area is 141 Å². The van der Waals surface area contributed by atoms with Gasteiger partial charge in [-0.2, -0.15) is 43.9 Å². The Kier molecular flexibility index (Phi) is 4.26. The summed E-state index contributed by atoms with van der Waals surface area (Å²) in [5, 5.41) is 0.782. The summed E-state index contributed by atoms with van der Waals surface area (Å²) in [6.07, 6.45) is 0. The monoisotopic (exact) mass is 419 g/mol. The third kappa shape index (κ3) is 2.21. The minimum atomic E-state index is -7.41. The number of amides is 1. The van der Waals surface area contributed by atoms with Gasteiger partial charge in [0.1, 0.15) is 5.82 Å². The average molecular weight is 419 g/mol. The molecule has 0 saturated heterocycles. The maximum Gasteiger partial charge on any atom is 0.384 e. The van der Waals surface area contributed by atoms with Crippen LogP contribution in [0.5, 0.6) is 0 Å². The van der Waals surface area contributed by atoms with Crippen LogP contribution in [0.15, 0.2) is 24.3 Å². The molecular weight excluding hydrogens is 414 g/mol. The maximum absolute atomic E-state index is 14.3. The Bertz CT molecular complexity index is 744. The Hall–Kier alpha value is -2.15. The van der Waals surface area contributed by atoms with Gasteiger partial charge in [0, 0.05) is 5.69 Å². The minimum Gasteiger partial charge on any atom is -0.323 e. The highest BCUT2D eigenvalue weighted by molar-refractivity contribution is 5.99. The van der Waals surface area contributed by atoms with Crippen LogP contribution < -0.4 is 5.32 Å². The highest BCUT2D eigenvalue weighted by Gasteiger charge is 3.02. The molecule has 1 aliphatic carbocycles. The molecule has 1 N–H and O–H groups in total. The first-order chi connectivity index (χ1) is 11.9. The topological polar surface area (TPSA) is 29.1 Å². The molecule has 0 spiro atoms. The lowest BCUT2D eigenvalue weighted by molar-refractivity contribution is -0.475. The number of hydrogen-bond donors (Lipinski definition) is 1. The van der Waals surface area contributed by atoms with Gasteiger partial charge in [-0.15, -0.1) is 0 Å². The van der Waals surface area contributed by atoms with Gasteiger partial charge in [-0.3, -0.25) is 4.79 Å². The summed E-state index contributed by atoms with van der Waals surface area (Å²) in [6.45, 7) is 0. The molecule has 0 aliphatic heterocycles. The van der Waals surface area contributed by atoms with E-state index in [2.05, 4.69) is 0 Å². The first-order valence-electron chi connectivity index (χ1n) is 6.54. The van der Waals surface area contributed by atoms with E-state index in [0.29, 0.717) is 18.2 Å². The van der Waals surface area contributed by atoms with Crippen LogP contribution in [0.1, 0.15) is 0 Å². The largest absolute Gasteiger partial charge is 0.384 e. The van der Waals surface area contributed by atoms with Gasteiger partial charge in [0.15, 0.2) is 0 Å². The van der Waals surface area contributed by atoms with Crippen LogP contribution in [-0.4, -0.2) is 41.2 Å². The second-order valence-electron chi connectivity index (χ2n) is 5.49. The Morgan fingerprint density at radius 1 is 0.704 bits per heavy atom. The molecule has 0 aromatic heterocycles. The van der Waals surface area contributed by atoms with Gasteiger partial charge in [0.25, 0.3) is 5.91 Å². The van der Waals surface area contributed by atoms with Gasteiger partial charge in [-0.25, -0.2) is 8.78 Å². The van der Waals surface area contributed by atoms with Crippen LogP contribution in [-0.2, 0) is 4.79 Å². The molecule has 2 nitrogen and oxygen atoms in total. The van der Waals surface area contributed by atoms with Crippen molar-refractivity contribution in [2.24, 2.45) is 0 Å². The molecule has 1 aliphatic rings. The Morgan fingerprint density at radius 3 is 1.52 bits per heavy atom. The molecule has 152 valence electrons. The van der Waals surface area contributed by atoms with E-state index >= 15 is 0 Å². The lowest BCUT2D eigenvalue weighted by Crippen LogP contribution is -2.86. The first kappa shape index (κ1) is 21.2. The summed E-state index contributed by atoms with van der Waals surface area (Å²) in [7, 11) is 0. The highest BCUT2D eigenvalue weighted by atomic mass is 19.4. The van der Waals surface area contributed by atoms with Gasteiger partial charge in [-0.1, -0.05) is 6.07 Å². The summed E-state index contributed by atoms with van der Waals surface area (Å²) >= 11 is 0. The maximum atomic E-state index is 14.3. The van der Waals surface area contributed by atoms with Crippen molar-refractivity contribution < 1.29 is 57.5 Å². The number of hydrogen-bond acceptors (Lipinski definition) is 1. The zero-order chi connectivity index (χ0) is 21.3. The van der Waals surface area contributed by atoms with E-state index < -0.39 is 52.7 Å². The standard InChI is InChI=1S/C13H5F12NO/c14-5-2-1-3-6(4-5)26-7(27)8(15)9(16,17)11(20,21)13(24,25)12(22,23)10(8,18)19/h1-4H,(H,26,27). The number of carbonyl (C=O) groups excluding carboxylic acids is 1. The molecule has 1 aromatic carbocycles. The number of carbonyl (C=O) groups is 1. The number of nitrogens with one attached hydrogen (secondary N) is 1. The summed E-state index contributed by atoms with van der Waals surface area (Å²) < 4.78 is 161. The number of rotatable bonds is 2. The molecular formula is C13H5F12NO. The van der Waals surface area contributed by atoms with E-state index in [1.165, 1.54) is 0 Å². The van der Waals surface area contributed by atoms with Crippen molar-refractivity contribution >= 4 is 11.6 Å². The van der Waals surface area contributed by atoms with E-state index in [-0.39, 0.29) is 6.07 Å². The van der Waals surface area contributed by atoms with E-state index in [1.54, 1.807) is 0 Å². The quantitative estimate of drug-likeness (QED) is 0.695. The number of alkyl halides is 11. The van der Waals surface area contributed by atoms with Crippen molar-refractivity contribution in [3.05, 3.63) is 30.1 Å². The van der Waals surface area contributed by atoms with E-state index in [1.807, 2.05) is 0 Å². The number of halogens is 12. The molecule has 1 aromatic rings. The number of anilines is 1. The third-order valence-electron chi connectivity index (χ3n) is 3.84. The first-order valence-corrected chi connectivity index (χ1v) is 6.54. The molecule has 14 heteroatoms. The molecule has 27 heavy (non-hydrogen) atoms. The second-order valence-corrected chi connectivity index (χ2v) is 5.49. The second kappa shape index (κ2) is 5.44. The predicted octanol–water partition coefficient (Wildman–Crippen LogP) is 4.66. The van der Waals surface area contributed by atoms with Gasteiger partial charge in [0.2, 0.25) is 0 Å². The molecule has 1 amide bonds. The molecule has 0 atom stereocenters. The van der Waals surface area contributed by atoms with E-state index in [0.717, 1.165) is 5.32 Å². The van der Waals surface area contributed by atoms with Crippen LogP contribution in [0.4, 0.5) is 58.4 Å². The lowest BCUT2D eigenvalue weighted by Gasteiger charge is -2.51. The van der Waals surface area contributed by atoms with Crippen molar-refractivity contribution in [1.29, 1.82) is 0 Å². The van der Waals surface area contributed by atoms with Gasteiger partial charge in [0.05, 0.1) is 0 Å². The van der Waals surface area contributed by atoms with Crippen molar-refractivity contribution in [2.75, 3.05) is 5.32 Å². The number of benzene rings is 1. The molecule has 0 bridgehead atoms. The van der Waals surface area contributed by atoms with Gasteiger partial charge in [-0.05, 0) is 18.2 Å². The van der Waals surface area contributed by atoms with Crippen LogP contribution in [0.2, 0.25) is 0 Å². The Balaban J connectivity index is 2.68. The zero-order valence-electron chi connectivity index (χ0n) is 12.3. The zero-order valence-corrected chi connectivity index (χ0v) is 12.3. The summed E-state index contributed by atoms with van der Waals surface area (Å²) in [4.78, 5) is 11.5. The fourth-order valence-corrected chi connectivity index (χ4v) is 2.29. The van der Waals surface area contributed by atoms with Crippen LogP contribution in [0, 0.1) is 5.82 Å². The smallest absolute Gasteiger partial charge is 0.323 e. The third-order valence-corrected chi connectivity index (χ3v) is 3.84. The average Bonchev–Trinajstić information content (AvgIpc) is 2.51. The highest BCUT2D eigenvalue weighted by Crippen LogP contribution is 2.69. The van der Waals surface area contributed by atoms with Gasteiger partial charge < -0.3 is 5.32 Å².